The van der Waals surface area contributed by atoms with Crippen LogP contribution in [-0.4, -0.2) is 9.97 Å². The van der Waals surface area contributed by atoms with Crippen LogP contribution in [0, 0.1) is 18.3 Å². The Labute approximate surface area is 83.8 Å². The Bertz CT molecular complexity index is 396. The fourth-order valence-corrected chi connectivity index (χ4v) is 1.33. The fourth-order valence-electron chi connectivity index (χ4n) is 1.33. The third-order valence-electron chi connectivity index (χ3n) is 1.91. The van der Waals surface area contributed by atoms with E-state index in [1.165, 1.54) is 0 Å². The van der Waals surface area contributed by atoms with Gasteiger partial charge in [0.15, 0.2) is 11.5 Å². The number of nitriles is 1. The molecule has 4 nitrogen and oxygen atoms in total. The lowest BCUT2D eigenvalue weighted by Gasteiger charge is -2.19. The van der Waals surface area contributed by atoms with Gasteiger partial charge < -0.3 is 5.73 Å². The van der Waals surface area contributed by atoms with Crippen LogP contribution in [-0.2, 0) is 5.41 Å². The SMILES string of the molecule is Cc1nc(N)c(C#N)nc1C(C)(C)C. The van der Waals surface area contributed by atoms with Crippen molar-refractivity contribution in [2.75, 3.05) is 5.73 Å². The van der Waals surface area contributed by atoms with E-state index in [0.29, 0.717) is 0 Å². The van der Waals surface area contributed by atoms with Crippen molar-refractivity contribution >= 4 is 5.82 Å². The predicted molar refractivity (Wildman–Crippen MR) is 54.6 cm³/mol. The van der Waals surface area contributed by atoms with E-state index in [2.05, 4.69) is 9.97 Å². The number of aryl methyl sites for hydroxylation is 1. The summed E-state index contributed by atoms with van der Waals surface area (Å²) >= 11 is 0. The molecule has 0 radical (unpaired) electrons. The van der Waals surface area contributed by atoms with Crippen LogP contribution in [0.15, 0.2) is 0 Å². The van der Waals surface area contributed by atoms with Crippen molar-refractivity contribution in [2.24, 2.45) is 0 Å². The third kappa shape index (κ3) is 1.82. The highest BCUT2D eigenvalue weighted by Crippen LogP contribution is 2.23. The van der Waals surface area contributed by atoms with Crippen LogP contribution in [0.2, 0.25) is 0 Å². The molecule has 0 saturated carbocycles. The minimum Gasteiger partial charge on any atom is -0.381 e. The lowest BCUT2D eigenvalue weighted by atomic mass is 9.90. The van der Waals surface area contributed by atoms with Gasteiger partial charge in [-0.1, -0.05) is 20.8 Å². The number of nitrogens with two attached hydrogens (primary N) is 1. The van der Waals surface area contributed by atoms with Crippen molar-refractivity contribution in [1.29, 1.82) is 5.26 Å². The largest absolute Gasteiger partial charge is 0.381 e. The van der Waals surface area contributed by atoms with Gasteiger partial charge in [0.25, 0.3) is 0 Å². The van der Waals surface area contributed by atoms with Crippen LogP contribution in [0.3, 0.4) is 0 Å². The maximum absolute atomic E-state index is 8.77. The minimum absolute atomic E-state index is 0.115. The standard InChI is InChI=1S/C10H14N4/c1-6-8(10(2,3)4)14-7(5-11)9(12)13-6/h1-4H3,(H2,12,13). The molecule has 0 aliphatic carbocycles. The van der Waals surface area contributed by atoms with Gasteiger partial charge >= 0.3 is 0 Å². The highest BCUT2D eigenvalue weighted by molar-refractivity contribution is 5.45. The van der Waals surface area contributed by atoms with Crippen molar-refractivity contribution in [1.82, 2.24) is 9.97 Å². The second-order valence-electron chi connectivity index (χ2n) is 4.25. The molecule has 14 heavy (non-hydrogen) atoms. The smallest absolute Gasteiger partial charge is 0.183 e. The van der Waals surface area contributed by atoms with Gasteiger partial charge in [0.1, 0.15) is 6.07 Å². The maximum Gasteiger partial charge on any atom is 0.183 e. The van der Waals surface area contributed by atoms with Gasteiger partial charge in [0, 0.05) is 5.41 Å². The highest BCUT2D eigenvalue weighted by atomic mass is 14.9. The summed E-state index contributed by atoms with van der Waals surface area (Å²) in [6.45, 7) is 7.94. The predicted octanol–water partition coefficient (Wildman–Crippen LogP) is 1.54. The topological polar surface area (TPSA) is 75.6 Å². The summed E-state index contributed by atoms with van der Waals surface area (Å²) in [5.41, 5.74) is 7.25. The first-order valence-electron chi connectivity index (χ1n) is 4.41. The average Bonchev–Trinajstić information content (AvgIpc) is 2.02. The molecule has 2 N–H and O–H groups in total. The van der Waals surface area contributed by atoms with Crippen LogP contribution in [0.5, 0.6) is 0 Å². The molecule has 0 spiro atoms. The lowest BCUT2D eigenvalue weighted by molar-refractivity contribution is 0.559. The molecule has 0 bridgehead atoms. The molecule has 0 fully saturated rings. The zero-order chi connectivity index (χ0) is 10.9. The van der Waals surface area contributed by atoms with Crippen LogP contribution < -0.4 is 5.73 Å². The van der Waals surface area contributed by atoms with Crippen molar-refractivity contribution in [3.05, 3.63) is 17.1 Å². The number of nitrogen functional groups attached to an aromatic ring is 1. The van der Waals surface area contributed by atoms with Gasteiger partial charge in [0.2, 0.25) is 0 Å². The summed E-state index contributed by atoms with van der Waals surface area (Å²) in [4.78, 5) is 8.32. The summed E-state index contributed by atoms with van der Waals surface area (Å²) in [6.07, 6.45) is 0. The van der Waals surface area contributed by atoms with E-state index in [1.54, 1.807) is 0 Å². The summed E-state index contributed by atoms with van der Waals surface area (Å²) < 4.78 is 0. The quantitative estimate of drug-likeness (QED) is 0.673. The average molecular weight is 190 g/mol. The van der Waals surface area contributed by atoms with E-state index in [4.69, 9.17) is 11.0 Å². The molecule has 0 aliphatic rings. The van der Waals surface area contributed by atoms with Crippen molar-refractivity contribution < 1.29 is 0 Å². The number of rotatable bonds is 0. The molecule has 4 heteroatoms. The Morgan fingerprint density at radius 2 is 1.86 bits per heavy atom. The zero-order valence-corrected chi connectivity index (χ0v) is 8.92. The van der Waals surface area contributed by atoms with E-state index in [9.17, 15) is 0 Å². The second kappa shape index (κ2) is 3.26. The number of hydrogen-bond acceptors (Lipinski definition) is 4. The maximum atomic E-state index is 8.77. The molecule has 0 saturated heterocycles. The Hall–Kier alpha value is -1.63. The number of anilines is 1. The van der Waals surface area contributed by atoms with E-state index < -0.39 is 0 Å². The van der Waals surface area contributed by atoms with Gasteiger partial charge in [-0.05, 0) is 6.92 Å². The molecule has 1 heterocycles. The Balaban J connectivity index is 3.41. The lowest BCUT2D eigenvalue weighted by Crippen LogP contribution is -2.18. The molecule has 1 aromatic rings. The Kier molecular flexibility index (Phi) is 2.43. The number of nitrogens with zero attached hydrogens (tertiary/aromatic N) is 3. The molecular formula is C10H14N4. The third-order valence-corrected chi connectivity index (χ3v) is 1.91. The summed E-state index contributed by atoms with van der Waals surface area (Å²) in [5.74, 6) is 0.206. The molecule has 0 aromatic carbocycles. The normalized spacial score (nSPS) is 11.1. The molecule has 0 amide bonds. The van der Waals surface area contributed by atoms with E-state index >= 15 is 0 Å². The van der Waals surface area contributed by atoms with Crippen LogP contribution >= 0.6 is 0 Å². The highest BCUT2D eigenvalue weighted by Gasteiger charge is 2.20. The zero-order valence-electron chi connectivity index (χ0n) is 8.92. The molecule has 0 aliphatic heterocycles. The molecule has 0 unspecified atom stereocenters. The van der Waals surface area contributed by atoms with E-state index in [1.807, 2.05) is 33.8 Å². The van der Waals surface area contributed by atoms with Gasteiger partial charge in [-0.3, -0.25) is 0 Å². The molecule has 1 rings (SSSR count). The summed E-state index contributed by atoms with van der Waals surface area (Å²) in [5, 5.41) is 8.77. The number of hydrogen-bond donors (Lipinski definition) is 1. The first kappa shape index (κ1) is 10.5. The van der Waals surface area contributed by atoms with E-state index in [-0.39, 0.29) is 16.9 Å². The van der Waals surface area contributed by atoms with Crippen LogP contribution in [0.1, 0.15) is 37.9 Å². The minimum atomic E-state index is -0.115. The summed E-state index contributed by atoms with van der Waals surface area (Å²) in [7, 11) is 0. The Morgan fingerprint density at radius 1 is 1.29 bits per heavy atom. The number of aromatic nitrogens is 2. The van der Waals surface area contributed by atoms with Crippen LogP contribution in [0.25, 0.3) is 0 Å². The molecular weight excluding hydrogens is 176 g/mol. The first-order valence-corrected chi connectivity index (χ1v) is 4.41. The summed E-state index contributed by atoms with van der Waals surface area (Å²) in [6, 6.07) is 1.94. The van der Waals surface area contributed by atoms with Gasteiger partial charge in [-0.25, -0.2) is 9.97 Å². The molecule has 0 atom stereocenters. The fraction of sp³-hybridized carbons (Fsp3) is 0.500. The van der Waals surface area contributed by atoms with Crippen molar-refractivity contribution in [3.63, 3.8) is 0 Å². The van der Waals surface area contributed by atoms with Gasteiger partial charge in [-0.2, -0.15) is 5.26 Å². The second-order valence-corrected chi connectivity index (χ2v) is 4.25. The monoisotopic (exact) mass is 190 g/mol. The van der Waals surface area contributed by atoms with Crippen molar-refractivity contribution in [2.45, 2.75) is 33.1 Å². The van der Waals surface area contributed by atoms with E-state index in [0.717, 1.165) is 11.4 Å². The molecule has 74 valence electrons. The molecule has 1 aromatic heterocycles. The van der Waals surface area contributed by atoms with Crippen LogP contribution in [0.4, 0.5) is 5.82 Å². The van der Waals surface area contributed by atoms with Gasteiger partial charge in [-0.15, -0.1) is 0 Å². The van der Waals surface area contributed by atoms with Crippen molar-refractivity contribution in [3.8, 4) is 6.07 Å². The first-order chi connectivity index (χ1) is 6.36. The Morgan fingerprint density at radius 3 is 2.29 bits per heavy atom. The van der Waals surface area contributed by atoms with Gasteiger partial charge in [0.05, 0.1) is 11.4 Å².